The van der Waals surface area contributed by atoms with E-state index in [0.717, 1.165) is 12.5 Å². The Hall–Kier alpha value is -1.90. The smallest absolute Gasteiger partial charge is 0.300 e. The maximum Gasteiger partial charge on any atom is 0.300 e. The van der Waals surface area contributed by atoms with Gasteiger partial charge in [0.05, 0.1) is 0 Å². The largest absolute Gasteiger partial charge is 0.481 e. The third-order valence-corrected chi connectivity index (χ3v) is 3.41. The lowest BCUT2D eigenvalue weighted by molar-refractivity contribution is -0.134. The first-order valence-corrected chi connectivity index (χ1v) is 7.43. The van der Waals surface area contributed by atoms with Crippen LogP contribution in [0.25, 0.3) is 0 Å². The van der Waals surface area contributed by atoms with E-state index in [1.54, 1.807) is 6.08 Å². The average Bonchev–Trinajstić information content (AvgIpc) is 2.89. The van der Waals surface area contributed by atoms with E-state index >= 15 is 0 Å². The number of carbonyl (C=O) groups is 2. The van der Waals surface area contributed by atoms with E-state index in [2.05, 4.69) is 25.1 Å². The molecule has 0 heterocycles. The SMILES string of the molecule is CC(=O)O.Cc1cccc(CC(=O)/C=C/C2CCCC2)c1. The standard InChI is InChI=1S/C16H20O.C2H4O2/c1-13-5-4-8-15(11-13)12-16(17)10-9-14-6-2-3-7-14;1-2(3)4/h4-5,8-11,14H,2-3,6-7,12H2,1H3;1H3,(H,3,4)/b10-9+;. The molecule has 0 spiro atoms. The first-order chi connectivity index (χ1) is 9.97. The minimum atomic E-state index is -0.833. The minimum Gasteiger partial charge on any atom is -0.481 e. The van der Waals surface area contributed by atoms with Crippen molar-refractivity contribution in [3.63, 3.8) is 0 Å². The van der Waals surface area contributed by atoms with Crippen molar-refractivity contribution in [2.45, 2.75) is 46.0 Å². The Morgan fingerprint density at radius 2 is 1.90 bits per heavy atom. The molecular weight excluding hydrogens is 264 g/mol. The van der Waals surface area contributed by atoms with Gasteiger partial charge in [0.25, 0.3) is 5.97 Å². The van der Waals surface area contributed by atoms with Gasteiger partial charge >= 0.3 is 0 Å². The number of rotatable bonds is 4. The number of hydrogen-bond acceptors (Lipinski definition) is 2. The number of ketones is 1. The van der Waals surface area contributed by atoms with Crippen molar-refractivity contribution < 1.29 is 14.7 Å². The molecule has 114 valence electrons. The van der Waals surface area contributed by atoms with Crippen LogP contribution in [0.5, 0.6) is 0 Å². The molecule has 3 nitrogen and oxygen atoms in total. The van der Waals surface area contributed by atoms with E-state index < -0.39 is 5.97 Å². The van der Waals surface area contributed by atoms with Crippen LogP contribution in [0, 0.1) is 12.8 Å². The summed E-state index contributed by atoms with van der Waals surface area (Å²) in [4.78, 5) is 20.8. The minimum absolute atomic E-state index is 0.225. The lowest BCUT2D eigenvalue weighted by Crippen LogP contribution is -1.99. The molecule has 0 saturated heterocycles. The number of carbonyl (C=O) groups excluding carboxylic acids is 1. The van der Waals surface area contributed by atoms with E-state index in [4.69, 9.17) is 9.90 Å². The zero-order chi connectivity index (χ0) is 15.7. The van der Waals surface area contributed by atoms with E-state index in [9.17, 15) is 4.79 Å². The number of carboxylic acid groups (broad SMARTS) is 1. The molecule has 1 aliphatic carbocycles. The summed E-state index contributed by atoms with van der Waals surface area (Å²) >= 11 is 0. The van der Waals surface area contributed by atoms with Crippen molar-refractivity contribution in [2.75, 3.05) is 0 Å². The number of hydrogen-bond donors (Lipinski definition) is 1. The first kappa shape index (κ1) is 17.2. The molecule has 0 aromatic heterocycles. The number of aryl methyl sites for hydroxylation is 1. The van der Waals surface area contributed by atoms with Crippen molar-refractivity contribution in [3.05, 3.63) is 47.5 Å². The summed E-state index contributed by atoms with van der Waals surface area (Å²) in [6.45, 7) is 3.14. The van der Waals surface area contributed by atoms with Crippen LogP contribution in [-0.4, -0.2) is 16.9 Å². The van der Waals surface area contributed by atoms with Gasteiger partial charge in [-0.1, -0.05) is 48.7 Å². The van der Waals surface area contributed by atoms with Crippen molar-refractivity contribution in [1.82, 2.24) is 0 Å². The van der Waals surface area contributed by atoms with Gasteiger partial charge in [-0.05, 0) is 37.3 Å². The lowest BCUT2D eigenvalue weighted by atomic mass is 10.0. The highest BCUT2D eigenvalue weighted by Gasteiger charge is 2.11. The van der Waals surface area contributed by atoms with Crippen LogP contribution in [0.2, 0.25) is 0 Å². The van der Waals surface area contributed by atoms with E-state index in [0.29, 0.717) is 12.3 Å². The number of carboxylic acids is 1. The molecule has 1 aromatic rings. The molecule has 1 N–H and O–H groups in total. The molecule has 0 atom stereocenters. The van der Waals surface area contributed by atoms with Crippen molar-refractivity contribution in [2.24, 2.45) is 5.92 Å². The third-order valence-electron chi connectivity index (χ3n) is 3.41. The van der Waals surface area contributed by atoms with Crippen LogP contribution in [-0.2, 0) is 16.0 Å². The Morgan fingerprint density at radius 1 is 1.29 bits per heavy atom. The number of aliphatic carboxylic acids is 1. The molecular formula is C18H24O3. The number of benzene rings is 1. The highest BCUT2D eigenvalue weighted by Crippen LogP contribution is 2.25. The molecule has 0 amide bonds. The summed E-state index contributed by atoms with van der Waals surface area (Å²) in [5.41, 5.74) is 2.33. The summed E-state index contributed by atoms with van der Waals surface area (Å²) in [6, 6.07) is 8.18. The lowest BCUT2D eigenvalue weighted by Gasteiger charge is -2.01. The molecule has 2 rings (SSSR count). The molecule has 21 heavy (non-hydrogen) atoms. The van der Waals surface area contributed by atoms with Gasteiger partial charge < -0.3 is 5.11 Å². The fraction of sp³-hybridized carbons (Fsp3) is 0.444. The fourth-order valence-electron chi connectivity index (χ4n) is 2.48. The van der Waals surface area contributed by atoms with Gasteiger partial charge in [0.1, 0.15) is 0 Å². The van der Waals surface area contributed by atoms with Crippen molar-refractivity contribution in [1.29, 1.82) is 0 Å². The Bertz CT molecular complexity index is 493. The van der Waals surface area contributed by atoms with Crippen LogP contribution >= 0.6 is 0 Å². The zero-order valence-corrected chi connectivity index (χ0v) is 12.8. The Balaban J connectivity index is 0.000000491. The summed E-state index contributed by atoms with van der Waals surface area (Å²) in [7, 11) is 0. The van der Waals surface area contributed by atoms with Crippen molar-refractivity contribution >= 4 is 11.8 Å². The molecule has 3 heteroatoms. The van der Waals surface area contributed by atoms with E-state index in [-0.39, 0.29) is 5.78 Å². The fourth-order valence-corrected chi connectivity index (χ4v) is 2.48. The van der Waals surface area contributed by atoms with Crippen LogP contribution < -0.4 is 0 Å². The van der Waals surface area contributed by atoms with Gasteiger partial charge in [0, 0.05) is 13.3 Å². The molecule has 1 fully saturated rings. The third kappa shape index (κ3) is 8.08. The molecule has 0 aliphatic heterocycles. The van der Waals surface area contributed by atoms with Crippen LogP contribution in [0.15, 0.2) is 36.4 Å². The van der Waals surface area contributed by atoms with E-state index in [1.807, 2.05) is 12.1 Å². The quantitative estimate of drug-likeness (QED) is 0.854. The molecule has 1 aromatic carbocycles. The maximum absolute atomic E-state index is 11.8. The normalized spacial score (nSPS) is 14.8. The molecule has 1 aliphatic rings. The van der Waals surface area contributed by atoms with Crippen LogP contribution in [0.1, 0.15) is 43.7 Å². The van der Waals surface area contributed by atoms with Crippen molar-refractivity contribution in [3.8, 4) is 0 Å². The highest BCUT2D eigenvalue weighted by molar-refractivity contribution is 5.91. The second kappa shape index (κ2) is 9.11. The molecule has 0 bridgehead atoms. The molecule has 0 radical (unpaired) electrons. The van der Waals surface area contributed by atoms with Crippen LogP contribution in [0.4, 0.5) is 0 Å². The van der Waals surface area contributed by atoms with Gasteiger partial charge in [-0.2, -0.15) is 0 Å². The highest BCUT2D eigenvalue weighted by atomic mass is 16.4. The topological polar surface area (TPSA) is 54.4 Å². The summed E-state index contributed by atoms with van der Waals surface area (Å²) < 4.78 is 0. The van der Waals surface area contributed by atoms with Gasteiger partial charge in [-0.25, -0.2) is 0 Å². The summed E-state index contributed by atoms with van der Waals surface area (Å²) in [6.07, 6.45) is 9.60. The Labute approximate surface area is 126 Å². The summed E-state index contributed by atoms with van der Waals surface area (Å²) in [5.74, 6) is 0.0407. The average molecular weight is 288 g/mol. The van der Waals surface area contributed by atoms with Gasteiger partial charge in [0.15, 0.2) is 5.78 Å². The van der Waals surface area contributed by atoms with E-state index in [1.165, 1.54) is 31.2 Å². The first-order valence-electron chi connectivity index (χ1n) is 7.43. The van der Waals surface area contributed by atoms with Crippen LogP contribution in [0.3, 0.4) is 0 Å². The Kier molecular flexibility index (Phi) is 7.44. The molecule has 1 saturated carbocycles. The predicted molar refractivity (Wildman–Crippen MR) is 84.3 cm³/mol. The monoisotopic (exact) mass is 288 g/mol. The Morgan fingerprint density at radius 3 is 2.48 bits per heavy atom. The predicted octanol–water partition coefficient (Wildman–Crippen LogP) is 3.94. The zero-order valence-electron chi connectivity index (χ0n) is 12.8. The molecule has 0 unspecified atom stereocenters. The van der Waals surface area contributed by atoms with Gasteiger partial charge in [-0.15, -0.1) is 0 Å². The second-order valence-corrected chi connectivity index (χ2v) is 5.55. The van der Waals surface area contributed by atoms with Gasteiger partial charge in [-0.3, -0.25) is 9.59 Å². The maximum atomic E-state index is 11.8. The van der Waals surface area contributed by atoms with Gasteiger partial charge in [0.2, 0.25) is 0 Å². The summed E-state index contributed by atoms with van der Waals surface area (Å²) in [5, 5.41) is 7.42. The number of allylic oxidation sites excluding steroid dienone is 2. The second-order valence-electron chi connectivity index (χ2n) is 5.55.